The molecule has 0 saturated heterocycles. The fourth-order valence-electron chi connectivity index (χ4n) is 1.12. The first kappa shape index (κ1) is 10.5. The maximum Gasteiger partial charge on any atom is 0.0734 e. The Hall–Kier alpha value is -1.61. The highest BCUT2D eigenvalue weighted by atomic mass is 16.4. The second kappa shape index (κ2) is 5.94. The fourth-order valence-corrected chi connectivity index (χ4v) is 1.12. The van der Waals surface area contributed by atoms with Gasteiger partial charge < -0.3 is 10.5 Å². The molecular formula is C11H14N2O. The predicted octanol–water partition coefficient (Wildman–Crippen LogP) is 1.73. The summed E-state index contributed by atoms with van der Waals surface area (Å²) < 4.78 is 0. The molecule has 74 valence electrons. The summed E-state index contributed by atoms with van der Waals surface area (Å²) in [5.41, 5.74) is 1.98. The maximum absolute atomic E-state index is 8.37. The minimum Gasteiger partial charge on any atom is -0.411 e. The van der Waals surface area contributed by atoms with Crippen molar-refractivity contribution in [2.24, 2.45) is 5.16 Å². The van der Waals surface area contributed by atoms with E-state index in [2.05, 4.69) is 10.5 Å². The lowest BCUT2D eigenvalue weighted by atomic mass is 10.1. The molecule has 14 heavy (non-hydrogen) atoms. The summed E-state index contributed by atoms with van der Waals surface area (Å²) in [5.74, 6) is 0. The molecule has 0 radical (unpaired) electrons. The minimum atomic E-state index is 0.846. The van der Waals surface area contributed by atoms with Crippen LogP contribution in [-0.4, -0.2) is 25.0 Å². The topological polar surface area (TPSA) is 44.6 Å². The normalized spacial score (nSPS) is 11.5. The minimum absolute atomic E-state index is 0.846. The lowest BCUT2D eigenvalue weighted by molar-refractivity contribution is 0.322. The lowest BCUT2D eigenvalue weighted by Crippen LogP contribution is -2.03. The van der Waals surface area contributed by atoms with Crippen molar-refractivity contribution in [3.05, 3.63) is 41.5 Å². The summed E-state index contributed by atoms with van der Waals surface area (Å²) in [7, 11) is 1.90. The van der Waals surface area contributed by atoms with Crippen molar-refractivity contribution in [3.63, 3.8) is 0 Å². The summed E-state index contributed by atoms with van der Waals surface area (Å²) >= 11 is 0. The molecule has 0 aliphatic heterocycles. The van der Waals surface area contributed by atoms with Gasteiger partial charge in [0.2, 0.25) is 0 Å². The van der Waals surface area contributed by atoms with E-state index in [1.807, 2.05) is 43.5 Å². The molecule has 1 aromatic carbocycles. The zero-order valence-electron chi connectivity index (χ0n) is 8.14. The van der Waals surface area contributed by atoms with Gasteiger partial charge in [-0.2, -0.15) is 0 Å². The molecule has 3 nitrogen and oxygen atoms in total. The molecule has 0 saturated carbocycles. The molecule has 0 bridgehead atoms. The SMILES string of the molecule is CNCC=Cc1cccc(C=NO)c1. The number of nitrogens with zero attached hydrogens (tertiary/aromatic N) is 1. The van der Waals surface area contributed by atoms with Gasteiger partial charge in [0.15, 0.2) is 0 Å². The molecule has 0 amide bonds. The van der Waals surface area contributed by atoms with Crippen LogP contribution in [-0.2, 0) is 0 Å². The third kappa shape index (κ3) is 3.41. The Labute approximate surface area is 83.8 Å². The number of oxime groups is 1. The lowest BCUT2D eigenvalue weighted by Gasteiger charge is -1.95. The van der Waals surface area contributed by atoms with Crippen molar-refractivity contribution < 1.29 is 5.21 Å². The average molecular weight is 190 g/mol. The van der Waals surface area contributed by atoms with E-state index in [0.29, 0.717) is 0 Å². The van der Waals surface area contributed by atoms with E-state index in [4.69, 9.17) is 5.21 Å². The van der Waals surface area contributed by atoms with Crippen LogP contribution in [0.15, 0.2) is 35.5 Å². The molecule has 0 aliphatic rings. The second-order valence-corrected chi connectivity index (χ2v) is 2.87. The second-order valence-electron chi connectivity index (χ2n) is 2.87. The van der Waals surface area contributed by atoms with Gasteiger partial charge in [-0.1, -0.05) is 35.5 Å². The van der Waals surface area contributed by atoms with Crippen molar-refractivity contribution in [1.29, 1.82) is 0 Å². The highest BCUT2D eigenvalue weighted by Gasteiger charge is 1.89. The number of benzene rings is 1. The van der Waals surface area contributed by atoms with Gasteiger partial charge in [0.1, 0.15) is 0 Å². The Balaban J connectivity index is 2.73. The standard InChI is InChI=1S/C11H14N2O/c1-12-7-3-6-10-4-2-5-11(8-10)9-13-14/h2-6,8-9,12,14H,7H2,1H3. The van der Waals surface area contributed by atoms with Crippen molar-refractivity contribution in [2.75, 3.05) is 13.6 Å². The van der Waals surface area contributed by atoms with Gasteiger partial charge >= 0.3 is 0 Å². The van der Waals surface area contributed by atoms with Gasteiger partial charge in [0, 0.05) is 6.54 Å². The van der Waals surface area contributed by atoms with E-state index in [1.165, 1.54) is 6.21 Å². The molecule has 0 heterocycles. The Morgan fingerprint density at radius 3 is 2.93 bits per heavy atom. The Kier molecular flexibility index (Phi) is 4.44. The number of rotatable bonds is 4. The van der Waals surface area contributed by atoms with Crippen LogP contribution in [0.3, 0.4) is 0 Å². The summed E-state index contributed by atoms with van der Waals surface area (Å²) in [6, 6.07) is 7.76. The third-order valence-corrected chi connectivity index (χ3v) is 1.75. The number of hydrogen-bond acceptors (Lipinski definition) is 3. The monoisotopic (exact) mass is 190 g/mol. The molecule has 0 fully saturated rings. The van der Waals surface area contributed by atoms with Crippen LogP contribution in [0.1, 0.15) is 11.1 Å². The van der Waals surface area contributed by atoms with Crippen LogP contribution in [0.4, 0.5) is 0 Å². The molecular weight excluding hydrogens is 176 g/mol. The molecule has 1 rings (SSSR count). The van der Waals surface area contributed by atoms with Crippen LogP contribution in [0, 0.1) is 0 Å². The van der Waals surface area contributed by atoms with Gasteiger partial charge in [-0.25, -0.2) is 0 Å². The zero-order chi connectivity index (χ0) is 10.2. The molecule has 0 atom stereocenters. The molecule has 0 aromatic heterocycles. The van der Waals surface area contributed by atoms with E-state index in [9.17, 15) is 0 Å². The van der Waals surface area contributed by atoms with Crippen LogP contribution in [0.5, 0.6) is 0 Å². The van der Waals surface area contributed by atoms with Crippen LogP contribution in [0.25, 0.3) is 6.08 Å². The summed E-state index contributed by atoms with van der Waals surface area (Å²) in [5, 5.41) is 14.4. The predicted molar refractivity (Wildman–Crippen MR) is 58.8 cm³/mol. The van der Waals surface area contributed by atoms with Crippen LogP contribution in [0.2, 0.25) is 0 Å². The fraction of sp³-hybridized carbons (Fsp3) is 0.182. The number of nitrogens with one attached hydrogen (secondary N) is 1. The molecule has 0 unspecified atom stereocenters. The average Bonchev–Trinajstić information content (AvgIpc) is 2.19. The summed E-state index contributed by atoms with van der Waals surface area (Å²) in [4.78, 5) is 0. The Morgan fingerprint density at radius 1 is 1.43 bits per heavy atom. The quantitative estimate of drug-likeness (QED) is 0.431. The van der Waals surface area contributed by atoms with E-state index >= 15 is 0 Å². The van der Waals surface area contributed by atoms with Gasteiger partial charge in [-0.05, 0) is 24.2 Å². The van der Waals surface area contributed by atoms with Crippen molar-refractivity contribution in [3.8, 4) is 0 Å². The zero-order valence-corrected chi connectivity index (χ0v) is 8.14. The van der Waals surface area contributed by atoms with E-state index < -0.39 is 0 Å². The highest BCUT2D eigenvalue weighted by molar-refractivity contribution is 5.80. The van der Waals surface area contributed by atoms with E-state index in [0.717, 1.165) is 17.7 Å². The molecule has 2 N–H and O–H groups in total. The molecule has 0 aliphatic carbocycles. The van der Waals surface area contributed by atoms with Gasteiger partial charge in [0.05, 0.1) is 6.21 Å². The smallest absolute Gasteiger partial charge is 0.0734 e. The third-order valence-electron chi connectivity index (χ3n) is 1.75. The highest BCUT2D eigenvalue weighted by Crippen LogP contribution is 2.04. The van der Waals surface area contributed by atoms with Gasteiger partial charge in [-0.3, -0.25) is 0 Å². The summed E-state index contributed by atoms with van der Waals surface area (Å²) in [6.07, 6.45) is 5.47. The first-order valence-corrected chi connectivity index (χ1v) is 4.45. The van der Waals surface area contributed by atoms with E-state index in [-0.39, 0.29) is 0 Å². The van der Waals surface area contributed by atoms with Crippen molar-refractivity contribution in [1.82, 2.24) is 5.32 Å². The number of likely N-dealkylation sites (N-methyl/N-ethyl adjacent to an activating group) is 1. The Bertz CT molecular complexity index is 332. The van der Waals surface area contributed by atoms with Gasteiger partial charge in [0.25, 0.3) is 0 Å². The largest absolute Gasteiger partial charge is 0.411 e. The summed E-state index contributed by atoms with van der Waals surface area (Å²) in [6.45, 7) is 0.846. The molecule has 0 spiro atoms. The van der Waals surface area contributed by atoms with Gasteiger partial charge in [-0.15, -0.1) is 0 Å². The van der Waals surface area contributed by atoms with Crippen LogP contribution >= 0.6 is 0 Å². The molecule has 1 aromatic rings. The van der Waals surface area contributed by atoms with Crippen molar-refractivity contribution in [2.45, 2.75) is 0 Å². The van der Waals surface area contributed by atoms with Crippen molar-refractivity contribution >= 4 is 12.3 Å². The van der Waals surface area contributed by atoms with E-state index in [1.54, 1.807) is 0 Å². The first-order chi connectivity index (χ1) is 6.86. The Morgan fingerprint density at radius 2 is 2.21 bits per heavy atom. The number of hydrogen-bond donors (Lipinski definition) is 2. The maximum atomic E-state index is 8.37. The van der Waals surface area contributed by atoms with Crippen LogP contribution < -0.4 is 5.32 Å². The molecule has 3 heteroatoms. The first-order valence-electron chi connectivity index (χ1n) is 4.45.